The van der Waals surface area contributed by atoms with E-state index in [-0.39, 0.29) is 6.17 Å². The fourth-order valence-corrected chi connectivity index (χ4v) is 2.21. The summed E-state index contributed by atoms with van der Waals surface area (Å²) in [7, 11) is 0. The molecule has 0 radical (unpaired) electrons. The smallest absolute Gasteiger partial charge is 0.0993 e. The van der Waals surface area contributed by atoms with E-state index in [1.807, 2.05) is 10.7 Å². The molecule has 1 aromatic heterocycles. The van der Waals surface area contributed by atoms with Gasteiger partial charge < -0.3 is 5.73 Å². The number of rotatable bonds is 3. The van der Waals surface area contributed by atoms with E-state index < -0.39 is 0 Å². The van der Waals surface area contributed by atoms with E-state index in [2.05, 4.69) is 47.0 Å². The van der Waals surface area contributed by atoms with Crippen LogP contribution in [0.1, 0.15) is 32.1 Å². The van der Waals surface area contributed by atoms with Crippen LogP contribution in [0.3, 0.4) is 0 Å². The topological polar surface area (TPSA) is 43.8 Å². The SMILES string of the molecule is CCc1nn(C(N)CC)c2cc(Br)ccc12. The number of halogens is 1. The highest BCUT2D eigenvalue weighted by Crippen LogP contribution is 2.25. The van der Waals surface area contributed by atoms with Gasteiger partial charge in [-0.2, -0.15) is 5.10 Å². The molecule has 0 aliphatic carbocycles. The third kappa shape index (κ3) is 1.87. The van der Waals surface area contributed by atoms with Crippen molar-refractivity contribution < 1.29 is 0 Å². The van der Waals surface area contributed by atoms with Gasteiger partial charge in [-0.3, -0.25) is 0 Å². The Bertz CT molecular complexity index is 504. The van der Waals surface area contributed by atoms with Crippen LogP contribution in [0.4, 0.5) is 0 Å². The summed E-state index contributed by atoms with van der Waals surface area (Å²) in [4.78, 5) is 0. The highest BCUT2D eigenvalue weighted by atomic mass is 79.9. The van der Waals surface area contributed by atoms with Crippen LogP contribution in [-0.2, 0) is 6.42 Å². The van der Waals surface area contributed by atoms with E-state index in [0.717, 1.165) is 28.5 Å². The number of hydrogen-bond acceptors (Lipinski definition) is 2. The average molecular weight is 282 g/mol. The van der Waals surface area contributed by atoms with Crippen molar-refractivity contribution in [1.29, 1.82) is 0 Å². The van der Waals surface area contributed by atoms with Gasteiger partial charge in [-0.1, -0.05) is 29.8 Å². The van der Waals surface area contributed by atoms with E-state index in [4.69, 9.17) is 5.73 Å². The normalized spacial score (nSPS) is 13.2. The highest BCUT2D eigenvalue weighted by molar-refractivity contribution is 9.10. The molecular formula is C12H16BrN3. The Hall–Kier alpha value is -0.870. The summed E-state index contributed by atoms with van der Waals surface area (Å²) in [6, 6.07) is 6.23. The molecule has 0 spiro atoms. The first-order valence-electron chi connectivity index (χ1n) is 5.59. The molecule has 86 valence electrons. The average Bonchev–Trinajstić information content (AvgIpc) is 2.66. The van der Waals surface area contributed by atoms with Gasteiger partial charge in [-0.15, -0.1) is 0 Å². The molecule has 0 amide bonds. The first-order valence-corrected chi connectivity index (χ1v) is 6.38. The Morgan fingerprint density at radius 1 is 1.44 bits per heavy atom. The van der Waals surface area contributed by atoms with Crippen molar-refractivity contribution in [1.82, 2.24) is 9.78 Å². The summed E-state index contributed by atoms with van der Waals surface area (Å²) in [6.07, 6.45) is 1.77. The zero-order valence-electron chi connectivity index (χ0n) is 9.57. The fourth-order valence-electron chi connectivity index (χ4n) is 1.86. The van der Waals surface area contributed by atoms with Gasteiger partial charge in [0.2, 0.25) is 0 Å². The van der Waals surface area contributed by atoms with Gasteiger partial charge in [0.1, 0.15) is 0 Å². The van der Waals surface area contributed by atoms with Crippen LogP contribution in [0.15, 0.2) is 22.7 Å². The molecule has 0 aliphatic heterocycles. The summed E-state index contributed by atoms with van der Waals surface area (Å²) in [5.41, 5.74) is 8.29. The number of fused-ring (bicyclic) bond motifs is 1. The second-order valence-corrected chi connectivity index (χ2v) is 4.80. The zero-order chi connectivity index (χ0) is 11.7. The van der Waals surface area contributed by atoms with Gasteiger partial charge in [0, 0.05) is 9.86 Å². The molecule has 2 aromatic rings. The third-order valence-electron chi connectivity index (χ3n) is 2.81. The lowest BCUT2D eigenvalue weighted by Crippen LogP contribution is -2.18. The van der Waals surface area contributed by atoms with Gasteiger partial charge in [0.05, 0.1) is 17.4 Å². The van der Waals surface area contributed by atoms with Crippen molar-refractivity contribution in [3.05, 3.63) is 28.4 Å². The molecule has 16 heavy (non-hydrogen) atoms. The largest absolute Gasteiger partial charge is 0.310 e. The minimum Gasteiger partial charge on any atom is -0.310 e. The molecule has 2 N–H and O–H groups in total. The quantitative estimate of drug-likeness (QED) is 0.939. The predicted molar refractivity (Wildman–Crippen MR) is 70.3 cm³/mol. The lowest BCUT2D eigenvalue weighted by molar-refractivity contribution is 0.467. The van der Waals surface area contributed by atoms with Gasteiger partial charge in [0.25, 0.3) is 0 Å². The molecule has 0 bridgehead atoms. The summed E-state index contributed by atoms with van der Waals surface area (Å²) < 4.78 is 2.99. The van der Waals surface area contributed by atoms with Crippen molar-refractivity contribution in [2.24, 2.45) is 5.73 Å². The predicted octanol–water partition coefficient (Wildman–Crippen LogP) is 3.23. The van der Waals surface area contributed by atoms with E-state index in [1.165, 1.54) is 5.39 Å². The van der Waals surface area contributed by atoms with Crippen molar-refractivity contribution in [2.45, 2.75) is 32.9 Å². The number of aromatic nitrogens is 2. The summed E-state index contributed by atoms with van der Waals surface area (Å²) >= 11 is 3.49. The number of nitrogens with two attached hydrogens (primary N) is 1. The number of hydrogen-bond donors (Lipinski definition) is 1. The molecule has 1 heterocycles. The van der Waals surface area contributed by atoms with Gasteiger partial charge in [-0.25, -0.2) is 4.68 Å². The van der Waals surface area contributed by atoms with Crippen LogP contribution in [0.5, 0.6) is 0 Å². The number of nitrogens with zero attached hydrogens (tertiary/aromatic N) is 2. The maximum Gasteiger partial charge on any atom is 0.0993 e. The minimum atomic E-state index is -0.0444. The molecule has 3 nitrogen and oxygen atoms in total. The first kappa shape index (κ1) is 11.6. The van der Waals surface area contributed by atoms with Gasteiger partial charge >= 0.3 is 0 Å². The highest BCUT2D eigenvalue weighted by Gasteiger charge is 2.12. The lowest BCUT2D eigenvalue weighted by Gasteiger charge is -2.10. The number of benzene rings is 1. The van der Waals surface area contributed by atoms with E-state index in [0.29, 0.717) is 0 Å². The Kier molecular flexibility index (Phi) is 3.30. The molecule has 4 heteroatoms. The molecule has 0 aliphatic rings. The summed E-state index contributed by atoms with van der Waals surface area (Å²) in [5, 5.41) is 5.79. The van der Waals surface area contributed by atoms with Crippen LogP contribution in [0.25, 0.3) is 10.9 Å². The first-order chi connectivity index (χ1) is 7.67. The minimum absolute atomic E-state index is 0.0444. The molecular weight excluding hydrogens is 266 g/mol. The fraction of sp³-hybridized carbons (Fsp3) is 0.417. The third-order valence-corrected chi connectivity index (χ3v) is 3.31. The van der Waals surface area contributed by atoms with E-state index in [9.17, 15) is 0 Å². The summed E-state index contributed by atoms with van der Waals surface area (Å²) in [5.74, 6) is 0. The maximum atomic E-state index is 6.06. The van der Waals surface area contributed by atoms with Crippen LogP contribution >= 0.6 is 15.9 Å². The zero-order valence-corrected chi connectivity index (χ0v) is 11.2. The van der Waals surface area contributed by atoms with Crippen molar-refractivity contribution >= 4 is 26.8 Å². The monoisotopic (exact) mass is 281 g/mol. The van der Waals surface area contributed by atoms with E-state index >= 15 is 0 Å². The van der Waals surface area contributed by atoms with Crippen molar-refractivity contribution in [3.8, 4) is 0 Å². The van der Waals surface area contributed by atoms with Crippen LogP contribution in [-0.4, -0.2) is 9.78 Å². The molecule has 0 fully saturated rings. The van der Waals surface area contributed by atoms with Crippen LogP contribution < -0.4 is 5.73 Å². The molecule has 0 saturated heterocycles. The van der Waals surface area contributed by atoms with Crippen LogP contribution in [0.2, 0.25) is 0 Å². The summed E-state index contributed by atoms with van der Waals surface area (Å²) in [6.45, 7) is 4.19. The number of aryl methyl sites for hydroxylation is 1. The van der Waals surface area contributed by atoms with Crippen molar-refractivity contribution in [2.75, 3.05) is 0 Å². The Labute approximate surface area is 104 Å². The Morgan fingerprint density at radius 2 is 2.19 bits per heavy atom. The Balaban J connectivity index is 2.68. The second-order valence-electron chi connectivity index (χ2n) is 3.88. The van der Waals surface area contributed by atoms with Crippen LogP contribution in [0, 0.1) is 0 Å². The van der Waals surface area contributed by atoms with Crippen molar-refractivity contribution in [3.63, 3.8) is 0 Å². The molecule has 1 aromatic carbocycles. The lowest BCUT2D eigenvalue weighted by atomic mass is 10.2. The Morgan fingerprint density at radius 3 is 2.81 bits per heavy atom. The van der Waals surface area contributed by atoms with E-state index in [1.54, 1.807) is 0 Å². The molecule has 2 rings (SSSR count). The van der Waals surface area contributed by atoms with Gasteiger partial charge in [-0.05, 0) is 31.0 Å². The van der Waals surface area contributed by atoms with Gasteiger partial charge in [0.15, 0.2) is 0 Å². The maximum absolute atomic E-state index is 6.06. The second kappa shape index (κ2) is 4.55. The molecule has 0 saturated carbocycles. The molecule has 1 unspecified atom stereocenters. The molecule has 1 atom stereocenters. The standard InChI is InChI=1S/C12H16BrN3/c1-3-10-9-6-5-8(13)7-11(9)16(15-10)12(14)4-2/h5-7,12H,3-4,14H2,1-2H3.